The molecule has 0 radical (unpaired) electrons. The lowest BCUT2D eigenvalue weighted by Gasteiger charge is -2.01. The van der Waals surface area contributed by atoms with Crippen LogP contribution in [0.4, 0.5) is 0 Å². The first-order valence-electron chi connectivity index (χ1n) is 13.0. The van der Waals surface area contributed by atoms with Crippen molar-refractivity contribution in [3.63, 3.8) is 0 Å². The fourth-order valence-electron chi connectivity index (χ4n) is 3.67. The van der Waals surface area contributed by atoms with E-state index in [2.05, 4.69) is 23.7 Å². The summed E-state index contributed by atoms with van der Waals surface area (Å²) in [6.07, 6.45) is 23.4. The third-order valence-corrected chi connectivity index (χ3v) is 5.62. The van der Waals surface area contributed by atoms with E-state index in [1.165, 1.54) is 64.2 Å². The molecular weight excluding hydrogens is 400 g/mol. The van der Waals surface area contributed by atoms with Crippen LogP contribution in [-0.4, -0.2) is 22.2 Å². The molecule has 32 heavy (non-hydrogen) atoms. The highest BCUT2D eigenvalue weighted by Crippen LogP contribution is 2.12. The summed E-state index contributed by atoms with van der Waals surface area (Å²) in [7, 11) is 0. The average molecular weight is 447 g/mol. The maximum atomic E-state index is 10.4. The largest absolute Gasteiger partial charge is 0.481 e. The third-order valence-electron chi connectivity index (χ3n) is 5.62. The van der Waals surface area contributed by atoms with Crippen molar-refractivity contribution in [2.75, 3.05) is 0 Å². The Morgan fingerprint density at radius 3 is 0.938 bits per heavy atom. The Hall–Kier alpha value is -1.94. The van der Waals surface area contributed by atoms with Crippen LogP contribution in [0.3, 0.4) is 0 Å². The van der Waals surface area contributed by atoms with Crippen LogP contribution in [0.25, 0.3) is 0 Å². The molecule has 0 heterocycles. The summed E-state index contributed by atoms with van der Waals surface area (Å²) in [6.45, 7) is 0. The van der Waals surface area contributed by atoms with E-state index < -0.39 is 11.9 Å². The monoisotopic (exact) mass is 446 g/mol. The zero-order valence-electron chi connectivity index (χ0n) is 20.3. The van der Waals surface area contributed by atoms with Gasteiger partial charge in [0.05, 0.1) is 0 Å². The summed E-state index contributed by atoms with van der Waals surface area (Å²) >= 11 is 0. The van der Waals surface area contributed by atoms with Crippen LogP contribution < -0.4 is 0 Å². The molecule has 0 aromatic heterocycles. The van der Waals surface area contributed by atoms with Crippen LogP contribution in [0, 0.1) is 23.7 Å². The molecule has 182 valence electrons. The second-order valence-electron chi connectivity index (χ2n) is 8.75. The SMILES string of the molecule is O=C(O)CCCCCCCCCCCC#CC#CCCCCCCCCCCCC(=O)O. The van der Waals surface area contributed by atoms with Gasteiger partial charge in [-0.2, -0.15) is 0 Å². The van der Waals surface area contributed by atoms with E-state index in [0.717, 1.165) is 64.2 Å². The molecule has 0 amide bonds. The highest BCUT2D eigenvalue weighted by Gasteiger charge is 1.97. The van der Waals surface area contributed by atoms with Gasteiger partial charge in [-0.1, -0.05) is 102 Å². The van der Waals surface area contributed by atoms with Crippen LogP contribution in [0.1, 0.15) is 141 Å². The second-order valence-corrected chi connectivity index (χ2v) is 8.75. The Morgan fingerprint density at radius 2 is 0.656 bits per heavy atom. The number of hydrogen-bond acceptors (Lipinski definition) is 2. The maximum absolute atomic E-state index is 10.4. The summed E-state index contributed by atoms with van der Waals surface area (Å²) in [4.78, 5) is 20.8. The lowest BCUT2D eigenvalue weighted by atomic mass is 10.1. The van der Waals surface area contributed by atoms with Gasteiger partial charge in [0.1, 0.15) is 0 Å². The number of carboxylic acid groups (broad SMARTS) is 2. The third kappa shape index (κ3) is 28.1. The van der Waals surface area contributed by atoms with Gasteiger partial charge in [-0.15, -0.1) is 0 Å². The molecule has 2 N–H and O–H groups in total. The van der Waals surface area contributed by atoms with Crippen molar-refractivity contribution in [2.24, 2.45) is 0 Å². The predicted octanol–water partition coefficient (Wildman–Crippen LogP) is 7.74. The van der Waals surface area contributed by atoms with E-state index in [9.17, 15) is 9.59 Å². The lowest BCUT2D eigenvalue weighted by Crippen LogP contribution is -1.93. The van der Waals surface area contributed by atoms with Gasteiger partial charge in [0, 0.05) is 25.7 Å². The van der Waals surface area contributed by atoms with Crippen molar-refractivity contribution in [3.05, 3.63) is 0 Å². The Kier molecular flexibility index (Phi) is 23.8. The average Bonchev–Trinajstić information content (AvgIpc) is 2.75. The minimum Gasteiger partial charge on any atom is -0.481 e. The van der Waals surface area contributed by atoms with Gasteiger partial charge < -0.3 is 10.2 Å². The Labute approximate surface area is 197 Å². The fraction of sp³-hybridized carbons (Fsp3) is 0.786. The van der Waals surface area contributed by atoms with Crippen molar-refractivity contribution < 1.29 is 19.8 Å². The summed E-state index contributed by atoms with van der Waals surface area (Å²) in [5, 5.41) is 17.2. The first kappa shape index (κ1) is 30.1. The number of carbonyl (C=O) groups is 2. The van der Waals surface area contributed by atoms with Crippen LogP contribution in [0.15, 0.2) is 0 Å². The Morgan fingerprint density at radius 1 is 0.406 bits per heavy atom. The predicted molar refractivity (Wildman–Crippen MR) is 132 cm³/mol. The molecule has 0 bridgehead atoms. The topological polar surface area (TPSA) is 74.6 Å². The Balaban J connectivity index is 3.25. The quantitative estimate of drug-likeness (QED) is 0.132. The molecule has 0 aromatic rings. The zero-order valence-corrected chi connectivity index (χ0v) is 20.3. The molecular formula is C28H46O4. The number of unbranched alkanes of at least 4 members (excludes halogenated alkanes) is 18. The normalized spacial score (nSPS) is 10.1. The molecule has 4 heteroatoms. The van der Waals surface area contributed by atoms with E-state index in [1.54, 1.807) is 0 Å². The summed E-state index contributed by atoms with van der Waals surface area (Å²) in [6, 6.07) is 0. The summed E-state index contributed by atoms with van der Waals surface area (Å²) in [5.74, 6) is 10.9. The molecule has 0 saturated heterocycles. The molecule has 0 aromatic carbocycles. The number of aliphatic carboxylic acids is 2. The molecule has 0 atom stereocenters. The molecule has 0 aliphatic rings. The molecule has 0 rings (SSSR count). The van der Waals surface area contributed by atoms with Crippen LogP contribution in [-0.2, 0) is 9.59 Å². The van der Waals surface area contributed by atoms with Crippen LogP contribution in [0.5, 0.6) is 0 Å². The summed E-state index contributed by atoms with van der Waals surface area (Å²) in [5.41, 5.74) is 0. The van der Waals surface area contributed by atoms with Crippen molar-refractivity contribution in [1.29, 1.82) is 0 Å². The number of carboxylic acids is 2. The van der Waals surface area contributed by atoms with Gasteiger partial charge in [-0.05, 0) is 37.5 Å². The van der Waals surface area contributed by atoms with Gasteiger partial charge in [-0.3, -0.25) is 9.59 Å². The van der Waals surface area contributed by atoms with Crippen LogP contribution in [0.2, 0.25) is 0 Å². The number of rotatable bonds is 22. The van der Waals surface area contributed by atoms with Gasteiger partial charge in [0.15, 0.2) is 0 Å². The van der Waals surface area contributed by atoms with E-state index in [-0.39, 0.29) is 0 Å². The van der Waals surface area contributed by atoms with Crippen LogP contribution >= 0.6 is 0 Å². The van der Waals surface area contributed by atoms with E-state index in [0.29, 0.717) is 12.8 Å². The van der Waals surface area contributed by atoms with Gasteiger partial charge in [-0.25, -0.2) is 0 Å². The molecule has 0 aliphatic carbocycles. The first-order chi connectivity index (χ1) is 15.6. The molecule has 0 unspecified atom stereocenters. The first-order valence-corrected chi connectivity index (χ1v) is 13.0. The van der Waals surface area contributed by atoms with Crippen molar-refractivity contribution in [3.8, 4) is 23.7 Å². The zero-order chi connectivity index (χ0) is 23.5. The smallest absolute Gasteiger partial charge is 0.303 e. The Bertz CT molecular complexity index is 522. The summed E-state index contributed by atoms with van der Waals surface area (Å²) < 4.78 is 0. The minimum absolute atomic E-state index is 0.312. The van der Waals surface area contributed by atoms with E-state index in [4.69, 9.17) is 10.2 Å². The van der Waals surface area contributed by atoms with Gasteiger partial charge in [0.2, 0.25) is 0 Å². The van der Waals surface area contributed by atoms with Crippen molar-refractivity contribution >= 4 is 11.9 Å². The molecule has 0 saturated carbocycles. The van der Waals surface area contributed by atoms with E-state index >= 15 is 0 Å². The highest BCUT2D eigenvalue weighted by atomic mass is 16.4. The van der Waals surface area contributed by atoms with E-state index in [1.807, 2.05) is 0 Å². The van der Waals surface area contributed by atoms with Gasteiger partial charge in [0.25, 0.3) is 0 Å². The van der Waals surface area contributed by atoms with Gasteiger partial charge >= 0.3 is 11.9 Å². The number of hydrogen-bond donors (Lipinski definition) is 2. The molecule has 0 fully saturated rings. The minimum atomic E-state index is -0.679. The molecule has 4 nitrogen and oxygen atoms in total. The van der Waals surface area contributed by atoms with Crippen molar-refractivity contribution in [2.45, 2.75) is 141 Å². The molecule has 0 aliphatic heterocycles. The second kappa shape index (κ2) is 25.3. The standard InChI is InChI=1S/C28H46O4/c29-27(30)25-23-21-19-17-15-13-11-9-7-5-3-1-2-4-6-8-10-12-14-16-18-20-22-24-26-28(31)32/h5-26H2,(H,29,30)(H,31,32). The lowest BCUT2D eigenvalue weighted by molar-refractivity contribution is -0.138. The molecule has 0 spiro atoms. The fourth-order valence-corrected chi connectivity index (χ4v) is 3.67. The maximum Gasteiger partial charge on any atom is 0.303 e. The highest BCUT2D eigenvalue weighted by molar-refractivity contribution is 5.66. The van der Waals surface area contributed by atoms with Crippen molar-refractivity contribution in [1.82, 2.24) is 0 Å².